The van der Waals surface area contributed by atoms with Crippen molar-refractivity contribution in [2.24, 2.45) is 11.8 Å². The molecule has 2 bridgehead atoms. The van der Waals surface area contributed by atoms with Crippen LogP contribution < -0.4 is 0 Å². The van der Waals surface area contributed by atoms with E-state index in [9.17, 15) is 0 Å². The Balaban J connectivity index is 1.60. The molecule has 2 unspecified atom stereocenters. The molecule has 2 aromatic rings. The molecule has 2 saturated carbocycles. The maximum atomic E-state index is 3.58. The number of hydrogen-bond donors (Lipinski definition) is 0. The zero-order valence-corrected chi connectivity index (χ0v) is 17.3. The Morgan fingerprint density at radius 1 is 1.00 bits per heavy atom. The average molecular weight is 373 g/mol. The average Bonchev–Trinajstić information content (AvgIpc) is 3.42. The van der Waals surface area contributed by atoms with Gasteiger partial charge in [-0.15, -0.1) is 11.3 Å². The lowest BCUT2D eigenvalue weighted by atomic mass is 9.90. The van der Waals surface area contributed by atoms with Crippen LogP contribution in [0.4, 0.5) is 0 Å². The lowest BCUT2D eigenvalue weighted by Crippen LogP contribution is -1.97. The van der Waals surface area contributed by atoms with Gasteiger partial charge in [-0.1, -0.05) is 50.4 Å². The van der Waals surface area contributed by atoms with E-state index in [4.69, 9.17) is 0 Å². The third kappa shape index (κ3) is 3.22. The van der Waals surface area contributed by atoms with E-state index in [2.05, 4.69) is 49.7 Å². The SMILES string of the molecule is CC(C)CC#Cc1c(C#CC2CCCC2)sc2cc3c(cc12)C1CCC3C1. The molecular weight excluding hydrogens is 344 g/mol. The van der Waals surface area contributed by atoms with E-state index < -0.39 is 0 Å². The molecule has 1 aromatic heterocycles. The summed E-state index contributed by atoms with van der Waals surface area (Å²) >= 11 is 1.88. The highest BCUT2D eigenvalue weighted by Gasteiger charge is 2.37. The molecule has 0 aliphatic heterocycles. The second-order valence-electron chi connectivity index (χ2n) is 9.14. The van der Waals surface area contributed by atoms with Crippen LogP contribution in [0, 0.1) is 35.5 Å². The predicted octanol–water partition coefficient (Wildman–Crippen LogP) is 7.21. The van der Waals surface area contributed by atoms with Crippen molar-refractivity contribution in [1.82, 2.24) is 0 Å². The summed E-state index contributed by atoms with van der Waals surface area (Å²) in [4.78, 5) is 1.21. The molecule has 1 heterocycles. The Morgan fingerprint density at radius 2 is 1.74 bits per heavy atom. The maximum absolute atomic E-state index is 3.58. The third-order valence-electron chi connectivity index (χ3n) is 6.67. The molecule has 3 aliphatic rings. The molecule has 0 saturated heterocycles. The normalized spacial score (nSPS) is 23.4. The Morgan fingerprint density at radius 3 is 2.48 bits per heavy atom. The summed E-state index contributed by atoms with van der Waals surface area (Å²) in [5.41, 5.74) is 4.47. The smallest absolute Gasteiger partial charge is 0.0937 e. The molecule has 0 radical (unpaired) electrons. The summed E-state index contributed by atoms with van der Waals surface area (Å²) in [5.74, 6) is 17.0. The Labute approximate surface area is 167 Å². The Kier molecular flexibility index (Phi) is 4.53. The molecule has 138 valence electrons. The summed E-state index contributed by atoms with van der Waals surface area (Å²) in [7, 11) is 0. The minimum absolute atomic E-state index is 0.604. The van der Waals surface area contributed by atoms with Crippen LogP contribution in [0.5, 0.6) is 0 Å². The first-order chi connectivity index (χ1) is 13.2. The zero-order chi connectivity index (χ0) is 18.4. The van der Waals surface area contributed by atoms with Gasteiger partial charge in [-0.3, -0.25) is 0 Å². The van der Waals surface area contributed by atoms with Gasteiger partial charge in [0, 0.05) is 22.4 Å². The summed E-state index contributed by atoms with van der Waals surface area (Å²) in [6.45, 7) is 4.48. The Hall–Kier alpha value is -1.70. The van der Waals surface area contributed by atoms with Gasteiger partial charge >= 0.3 is 0 Å². The van der Waals surface area contributed by atoms with E-state index >= 15 is 0 Å². The first-order valence-electron chi connectivity index (χ1n) is 10.8. The fraction of sp³-hybridized carbons (Fsp3) is 0.538. The first-order valence-corrected chi connectivity index (χ1v) is 11.6. The minimum Gasteiger partial charge on any atom is -0.125 e. The molecule has 5 rings (SSSR count). The number of thiophene rings is 1. The molecule has 27 heavy (non-hydrogen) atoms. The van der Waals surface area contributed by atoms with E-state index in [0.29, 0.717) is 11.8 Å². The van der Waals surface area contributed by atoms with Gasteiger partial charge in [0.2, 0.25) is 0 Å². The van der Waals surface area contributed by atoms with Crippen molar-refractivity contribution < 1.29 is 0 Å². The fourth-order valence-electron chi connectivity index (χ4n) is 5.22. The zero-order valence-electron chi connectivity index (χ0n) is 16.5. The van der Waals surface area contributed by atoms with Crippen LogP contribution in [0.1, 0.15) is 98.6 Å². The molecule has 0 spiro atoms. The van der Waals surface area contributed by atoms with Crippen LogP contribution in [-0.2, 0) is 0 Å². The molecule has 2 atom stereocenters. The standard InChI is InChI=1S/C26H28S/c1-17(2)6-5-9-21-24-15-22-19-11-12-20(14-19)23(22)16-26(24)27-25(21)13-10-18-7-3-4-8-18/h15-20H,3-4,6-8,11-12,14H2,1-2H3. The van der Waals surface area contributed by atoms with Crippen LogP contribution in [0.15, 0.2) is 12.1 Å². The van der Waals surface area contributed by atoms with Crippen molar-refractivity contribution >= 4 is 21.4 Å². The number of rotatable bonds is 1. The van der Waals surface area contributed by atoms with Crippen molar-refractivity contribution in [3.63, 3.8) is 0 Å². The summed E-state index contributed by atoms with van der Waals surface area (Å²) in [6.07, 6.45) is 10.4. The highest BCUT2D eigenvalue weighted by Crippen LogP contribution is 2.54. The van der Waals surface area contributed by atoms with Crippen LogP contribution in [0.3, 0.4) is 0 Å². The second kappa shape index (κ2) is 7.04. The van der Waals surface area contributed by atoms with Gasteiger partial charge in [-0.25, -0.2) is 0 Å². The Bertz CT molecular complexity index is 992. The van der Waals surface area contributed by atoms with Crippen molar-refractivity contribution in [1.29, 1.82) is 0 Å². The van der Waals surface area contributed by atoms with E-state index in [1.807, 2.05) is 11.3 Å². The number of fused-ring (bicyclic) bond motifs is 6. The topological polar surface area (TPSA) is 0 Å². The molecular formula is C26H28S. The fourth-order valence-corrected chi connectivity index (χ4v) is 6.27. The van der Waals surface area contributed by atoms with Gasteiger partial charge in [-0.05, 0) is 73.1 Å². The van der Waals surface area contributed by atoms with Crippen molar-refractivity contribution in [2.75, 3.05) is 0 Å². The van der Waals surface area contributed by atoms with Crippen molar-refractivity contribution in [3.05, 3.63) is 33.7 Å². The monoisotopic (exact) mass is 372 g/mol. The molecule has 1 heteroatoms. The number of benzene rings is 1. The lowest BCUT2D eigenvalue weighted by molar-refractivity contribution is 0.676. The van der Waals surface area contributed by atoms with Crippen molar-refractivity contribution in [3.8, 4) is 23.7 Å². The third-order valence-corrected chi connectivity index (χ3v) is 7.74. The van der Waals surface area contributed by atoms with Crippen LogP contribution in [0.25, 0.3) is 10.1 Å². The largest absolute Gasteiger partial charge is 0.125 e. The van der Waals surface area contributed by atoms with Crippen LogP contribution in [0.2, 0.25) is 0 Å². The number of hydrogen-bond acceptors (Lipinski definition) is 1. The van der Waals surface area contributed by atoms with E-state index in [0.717, 1.165) is 18.3 Å². The molecule has 3 aliphatic carbocycles. The minimum atomic E-state index is 0.604. The molecule has 0 amide bonds. The van der Waals surface area contributed by atoms with Gasteiger partial charge < -0.3 is 0 Å². The summed E-state index contributed by atoms with van der Waals surface area (Å²) < 4.78 is 1.41. The van der Waals surface area contributed by atoms with Gasteiger partial charge in [0.15, 0.2) is 0 Å². The molecule has 0 nitrogen and oxygen atoms in total. The first kappa shape index (κ1) is 17.4. The van der Waals surface area contributed by atoms with Gasteiger partial charge in [0.25, 0.3) is 0 Å². The summed E-state index contributed by atoms with van der Waals surface area (Å²) in [6, 6.07) is 4.98. The van der Waals surface area contributed by atoms with Gasteiger partial charge in [0.1, 0.15) is 0 Å². The van der Waals surface area contributed by atoms with E-state index in [1.54, 1.807) is 11.1 Å². The summed E-state index contributed by atoms with van der Waals surface area (Å²) in [5, 5.41) is 1.37. The highest BCUT2D eigenvalue weighted by molar-refractivity contribution is 7.19. The van der Waals surface area contributed by atoms with Crippen LogP contribution in [-0.4, -0.2) is 0 Å². The lowest BCUT2D eigenvalue weighted by Gasteiger charge is -2.14. The van der Waals surface area contributed by atoms with Crippen molar-refractivity contribution in [2.45, 2.75) is 77.0 Å². The quantitative estimate of drug-likeness (QED) is 0.464. The molecule has 2 fully saturated rings. The van der Waals surface area contributed by atoms with Crippen LogP contribution >= 0.6 is 11.3 Å². The highest BCUT2D eigenvalue weighted by atomic mass is 32.1. The predicted molar refractivity (Wildman–Crippen MR) is 116 cm³/mol. The van der Waals surface area contributed by atoms with E-state index in [-0.39, 0.29) is 0 Å². The second-order valence-corrected chi connectivity index (χ2v) is 10.2. The maximum Gasteiger partial charge on any atom is 0.0937 e. The van der Waals surface area contributed by atoms with Gasteiger partial charge in [-0.2, -0.15) is 0 Å². The molecule has 0 N–H and O–H groups in total. The molecule has 1 aromatic carbocycles. The van der Waals surface area contributed by atoms with E-state index in [1.165, 1.54) is 65.5 Å². The van der Waals surface area contributed by atoms with Gasteiger partial charge in [0.05, 0.1) is 10.4 Å².